The van der Waals surface area contributed by atoms with Gasteiger partial charge in [0.15, 0.2) is 0 Å². The third kappa shape index (κ3) is 6.01. The molecule has 0 aliphatic carbocycles. The largest absolute Gasteiger partial charge is 0.490 e. The van der Waals surface area contributed by atoms with Crippen LogP contribution in [0.5, 0.6) is 5.75 Å². The summed E-state index contributed by atoms with van der Waals surface area (Å²) < 4.78 is 11.4. The normalized spacial score (nSPS) is 20.6. The van der Waals surface area contributed by atoms with E-state index < -0.39 is 29.7 Å². The number of carbonyl (C=O) groups excluding carboxylic acids is 4. The molecule has 2 saturated heterocycles. The van der Waals surface area contributed by atoms with Crippen LogP contribution in [-0.4, -0.2) is 92.0 Å². The van der Waals surface area contributed by atoms with Gasteiger partial charge in [0.2, 0.25) is 11.8 Å². The van der Waals surface area contributed by atoms with Gasteiger partial charge < -0.3 is 14.8 Å². The fraction of sp³-hybridized carbons (Fsp3) is 0.524. The topological polar surface area (TPSA) is 117 Å². The number of ether oxygens (including phenoxy) is 2. The van der Waals surface area contributed by atoms with Crippen molar-refractivity contribution in [3.8, 4) is 5.75 Å². The van der Waals surface area contributed by atoms with Crippen molar-refractivity contribution in [3.05, 3.63) is 29.3 Å². The molecule has 12 heteroatoms. The first-order valence-corrected chi connectivity index (χ1v) is 10.5. The van der Waals surface area contributed by atoms with Crippen molar-refractivity contribution in [1.29, 1.82) is 0 Å². The number of piperazine rings is 1. The lowest BCUT2D eigenvalue weighted by molar-refractivity contribution is -0.136. The van der Waals surface area contributed by atoms with Crippen LogP contribution in [0.4, 0.5) is 0 Å². The van der Waals surface area contributed by atoms with Gasteiger partial charge in [-0.3, -0.25) is 34.3 Å². The standard InChI is InChI=1S/C21H26N4O6.2ClH/c26-17-5-4-15(19(27)23-17)25-20(28)14-2-1-3-16(18(14)21(25)29)31-13-12-30-11-10-24-8-6-22-7-9-24;;/h1-3,15,22H,4-13H2,(H,23,26,27);2*1H. The molecular weight excluding hydrogens is 475 g/mol. The lowest BCUT2D eigenvalue weighted by Crippen LogP contribution is -2.54. The highest BCUT2D eigenvalue weighted by Gasteiger charge is 2.45. The summed E-state index contributed by atoms with van der Waals surface area (Å²) in [5.41, 5.74) is 0.352. The lowest BCUT2D eigenvalue weighted by atomic mass is 10.0. The second-order valence-corrected chi connectivity index (χ2v) is 7.68. The summed E-state index contributed by atoms with van der Waals surface area (Å²) >= 11 is 0. The molecule has 1 aromatic rings. The van der Waals surface area contributed by atoms with Crippen LogP contribution in [0, 0.1) is 0 Å². The molecule has 3 heterocycles. The Kier molecular flexibility index (Phi) is 10.1. The van der Waals surface area contributed by atoms with Gasteiger partial charge in [-0.25, -0.2) is 0 Å². The van der Waals surface area contributed by atoms with E-state index in [0.29, 0.717) is 13.2 Å². The number of hydrogen-bond acceptors (Lipinski definition) is 8. The number of carbonyl (C=O) groups is 4. The Bertz CT molecular complexity index is 894. The molecule has 0 spiro atoms. The summed E-state index contributed by atoms with van der Waals surface area (Å²) in [6.45, 7) is 6.04. The minimum Gasteiger partial charge on any atom is -0.490 e. The van der Waals surface area contributed by atoms with Crippen LogP contribution in [0.25, 0.3) is 0 Å². The molecular formula is C21H28Cl2N4O6. The molecule has 2 N–H and O–H groups in total. The Labute approximate surface area is 204 Å². The third-order valence-corrected chi connectivity index (χ3v) is 5.68. The fourth-order valence-corrected chi connectivity index (χ4v) is 4.05. The number of nitrogens with zero attached hydrogens (tertiary/aromatic N) is 2. The quantitative estimate of drug-likeness (QED) is 0.383. The lowest BCUT2D eigenvalue weighted by Gasteiger charge is -2.27. The van der Waals surface area contributed by atoms with Crippen LogP contribution >= 0.6 is 24.8 Å². The van der Waals surface area contributed by atoms with Crippen LogP contribution in [0.2, 0.25) is 0 Å². The van der Waals surface area contributed by atoms with Gasteiger partial charge in [-0.15, -0.1) is 24.8 Å². The van der Waals surface area contributed by atoms with Crippen molar-refractivity contribution in [1.82, 2.24) is 20.4 Å². The number of amides is 4. The first-order chi connectivity index (χ1) is 15.1. The van der Waals surface area contributed by atoms with Crippen molar-refractivity contribution in [3.63, 3.8) is 0 Å². The average Bonchev–Trinajstić information content (AvgIpc) is 3.02. The first-order valence-electron chi connectivity index (χ1n) is 10.5. The van der Waals surface area contributed by atoms with E-state index in [2.05, 4.69) is 15.5 Å². The van der Waals surface area contributed by atoms with Gasteiger partial charge in [-0.05, 0) is 18.6 Å². The van der Waals surface area contributed by atoms with Gasteiger partial charge in [0, 0.05) is 39.1 Å². The zero-order valence-electron chi connectivity index (χ0n) is 18.0. The number of nitrogens with one attached hydrogen (secondary N) is 2. The number of hydrogen-bond donors (Lipinski definition) is 2. The zero-order chi connectivity index (χ0) is 21.8. The van der Waals surface area contributed by atoms with Crippen LogP contribution in [0.3, 0.4) is 0 Å². The molecule has 1 unspecified atom stereocenters. The van der Waals surface area contributed by atoms with Gasteiger partial charge in [0.1, 0.15) is 18.4 Å². The van der Waals surface area contributed by atoms with Crippen molar-refractivity contribution in [2.45, 2.75) is 18.9 Å². The summed E-state index contributed by atoms with van der Waals surface area (Å²) in [4.78, 5) is 52.6. The molecule has 3 aliphatic rings. The number of piperidine rings is 1. The highest BCUT2D eigenvalue weighted by Crippen LogP contribution is 2.33. The van der Waals surface area contributed by atoms with Gasteiger partial charge in [-0.2, -0.15) is 0 Å². The van der Waals surface area contributed by atoms with Gasteiger partial charge in [0.25, 0.3) is 11.8 Å². The molecule has 3 aliphatic heterocycles. The summed E-state index contributed by atoms with van der Waals surface area (Å²) in [6.07, 6.45) is 0.200. The SMILES string of the molecule is Cl.Cl.O=C1CCC(N2C(=O)c3cccc(OCCOCCN4CCNCC4)c3C2=O)C(=O)N1. The van der Waals surface area contributed by atoms with Crippen molar-refractivity contribution in [2.75, 3.05) is 52.5 Å². The number of imide groups is 2. The van der Waals surface area contributed by atoms with Crippen molar-refractivity contribution in [2.24, 2.45) is 0 Å². The summed E-state index contributed by atoms with van der Waals surface area (Å²) in [5, 5.41) is 5.49. The minimum absolute atomic E-state index is 0. The minimum atomic E-state index is -0.994. The molecule has 0 saturated carbocycles. The van der Waals surface area contributed by atoms with E-state index in [1.54, 1.807) is 12.1 Å². The van der Waals surface area contributed by atoms with E-state index in [4.69, 9.17) is 9.47 Å². The van der Waals surface area contributed by atoms with Gasteiger partial charge >= 0.3 is 0 Å². The highest BCUT2D eigenvalue weighted by molar-refractivity contribution is 6.24. The summed E-state index contributed by atoms with van der Waals surface area (Å²) in [6, 6.07) is 3.81. The predicted molar refractivity (Wildman–Crippen MR) is 123 cm³/mol. The van der Waals surface area contributed by atoms with Crippen molar-refractivity contribution < 1.29 is 28.7 Å². The van der Waals surface area contributed by atoms with E-state index in [-0.39, 0.29) is 61.1 Å². The molecule has 10 nitrogen and oxygen atoms in total. The van der Waals surface area contributed by atoms with Gasteiger partial charge in [0.05, 0.1) is 24.3 Å². The summed E-state index contributed by atoms with van der Waals surface area (Å²) in [5.74, 6) is -1.88. The van der Waals surface area contributed by atoms with E-state index in [1.165, 1.54) is 6.07 Å². The van der Waals surface area contributed by atoms with Crippen LogP contribution in [-0.2, 0) is 14.3 Å². The van der Waals surface area contributed by atoms with E-state index >= 15 is 0 Å². The third-order valence-electron chi connectivity index (χ3n) is 5.68. The van der Waals surface area contributed by atoms with Crippen LogP contribution in [0.1, 0.15) is 33.6 Å². The molecule has 0 aromatic heterocycles. The highest BCUT2D eigenvalue weighted by atomic mass is 35.5. The van der Waals surface area contributed by atoms with E-state index in [0.717, 1.165) is 37.6 Å². The summed E-state index contributed by atoms with van der Waals surface area (Å²) in [7, 11) is 0. The maximum Gasteiger partial charge on any atom is 0.266 e. The molecule has 2 fully saturated rings. The molecule has 0 radical (unpaired) electrons. The van der Waals surface area contributed by atoms with E-state index in [1.807, 2.05) is 0 Å². The van der Waals surface area contributed by atoms with Crippen LogP contribution < -0.4 is 15.4 Å². The Morgan fingerprint density at radius 3 is 2.45 bits per heavy atom. The molecule has 182 valence electrons. The number of benzene rings is 1. The molecule has 1 aromatic carbocycles. The molecule has 4 amide bonds. The Morgan fingerprint density at radius 1 is 0.970 bits per heavy atom. The number of halogens is 2. The average molecular weight is 503 g/mol. The van der Waals surface area contributed by atoms with Crippen LogP contribution in [0.15, 0.2) is 18.2 Å². The number of fused-ring (bicyclic) bond motifs is 1. The zero-order valence-corrected chi connectivity index (χ0v) is 19.7. The molecule has 1 atom stereocenters. The van der Waals surface area contributed by atoms with E-state index in [9.17, 15) is 19.2 Å². The second kappa shape index (κ2) is 12.3. The maximum atomic E-state index is 13.0. The number of rotatable bonds is 8. The molecule has 4 rings (SSSR count). The Morgan fingerprint density at radius 2 is 1.73 bits per heavy atom. The fourth-order valence-electron chi connectivity index (χ4n) is 4.05. The second-order valence-electron chi connectivity index (χ2n) is 7.68. The molecule has 33 heavy (non-hydrogen) atoms. The predicted octanol–water partition coefficient (Wildman–Crippen LogP) is 0.232. The monoisotopic (exact) mass is 502 g/mol. The molecule has 0 bridgehead atoms. The Hall–Kier alpha value is -2.24. The van der Waals surface area contributed by atoms with Gasteiger partial charge in [-0.1, -0.05) is 6.07 Å². The van der Waals surface area contributed by atoms with Crippen molar-refractivity contribution >= 4 is 48.4 Å². The maximum absolute atomic E-state index is 13.0. The smallest absolute Gasteiger partial charge is 0.266 e. The first kappa shape index (κ1) is 27.0. The Balaban J connectivity index is 0.00000193.